The summed E-state index contributed by atoms with van der Waals surface area (Å²) < 4.78 is 11.0. The lowest BCUT2D eigenvalue weighted by molar-refractivity contribution is -0.659. The molecule has 0 unspecified atom stereocenters. The normalized spacial score (nSPS) is 18.4. The van der Waals surface area contributed by atoms with Crippen LogP contribution in [0.3, 0.4) is 0 Å². The molecular weight excluding hydrogens is 422 g/mol. The van der Waals surface area contributed by atoms with Crippen LogP contribution in [0.25, 0.3) is 22.0 Å². The van der Waals surface area contributed by atoms with Crippen molar-refractivity contribution in [3.05, 3.63) is 64.8 Å². The predicted octanol–water partition coefficient (Wildman–Crippen LogP) is 9.64. The highest BCUT2D eigenvalue weighted by Crippen LogP contribution is 2.42. The Kier molecular flexibility index (Phi) is 7.21. The monoisotopic (exact) mass is 469 g/mol. The molecule has 1 aromatic heterocycles. The molecular formula is C34H46N+. The zero-order valence-corrected chi connectivity index (χ0v) is 22.6. The zero-order valence-electron chi connectivity index (χ0n) is 23.6. The second kappa shape index (κ2) is 10.9. The van der Waals surface area contributed by atoms with E-state index in [9.17, 15) is 0 Å². The molecule has 0 saturated heterocycles. The van der Waals surface area contributed by atoms with E-state index in [0.717, 1.165) is 12.8 Å². The van der Waals surface area contributed by atoms with Crippen LogP contribution in [0, 0.1) is 6.92 Å². The van der Waals surface area contributed by atoms with Crippen LogP contribution < -0.4 is 4.57 Å². The van der Waals surface area contributed by atoms with Gasteiger partial charge in [0.1, 0.15) is 8.42 Å². The van der Waals surface area contributed by atoms with Crippen LogP contribution in [0.15, 0.2) is 42.6 Å². The number of aromatic nitrogens is 1. The van der Waals surface area contributed by atoms with Gasteiger partial charge >= 0.3 is 0 Å². The van der Waals surface area contributed by atoms with Gasteiger partial charge in [-0.1, -0.05) is 70.6 Å². The summed E-state index contributed by atoms with van der Waals surface area (Å²) >= 11 is 0. The standard InChI is InChI=1S/C34H46N/c1-5-25(6-2)28-17-18-31-29(21-28)19-20-35(4)34(31)33-23-30(26-13-9-7-10-14-26)22-32(24(33)3)27-15-11-8-12-16-27/h17-23,25-27H,5-16H2,1-4H3/q+1/i20D. The highest BCUT2D eigenvalue weighted by molar-refractivity contribution is 5.94. The van der Waals surface area contributed by atoms with Gasteiger partial charge in [0.2, 0.25) is 5.69 Å². The minimum atomic E-state index is 0.593. The minimum Gasteiger partial charge on any atom is -0.200 e. The van der Waals surface area contributed by atoms with Gasteiger partial charge in [-0.2, -0.15) is 0 Å². The number of hydrogen-bond donors (Lipinski definition) is 0. The van der Waals surface area contributed by atoms with E-state index in [2.05, 4.69) is 68.8 Å². The maximum absolute atomic E-state index is 8.89. The summed E-state index contributed by atoms with van der Waals surface area (Å²) in [5, 5.41) is 2.51. The lowest BCUT2D eigenvalue weighted by Crippen LogP contribution is -2.31. The van der Waals surface area contributed by atoms with Crippen molar-refractivity contribution < 1.29 is 5.94 Å². The second-order valence-corrected chi connectivity index (χ2v) is 11.5. The SMILES string of the molecule is [2H]c1cc2cc(C(CC)CC)ccc2c(-c2cc(C3CCCCC3)cc(C3CCCCC3)c2C)[n+]1C. The number of rotatable bonds is 6. The lowest BCUT2D eigenvalue weighted by atomic mass is 9.76. The highest BCUT2D eigenvalue weighted by atomic mass is 14.9. The first-order chi connectivity index (χ1) is 17.5. The summed E-state index contributed by atoms with van der Waals surface area (Å²) in [6.07, 6.45) is 16.5. The van der Waals surface area contributed by atoms with Gasteiger partial charge in [0.05, 0.1) is 10.9 Å². The molecule has 0 bridgehead atoms. The molecule has 2 aliphatic rings. The van der Waals surface area contributed by atoms with Crippen molar-refractivity contribution in [1.82, 2.24) is 0 Å². The average molecular weight is 470 g/mol. The van der Waals surface area contributed by atoms with E-state index in [0.29, 0.717) is 23.9 Å². The molecule has 0 amide bonds. The van der Waals surface area contributed by atoms with E-state index in [-0.39, 0.29) is 0 Å². The molecule has 3 aromatic rings. The van der Waals surface area contributed by atoms with Crippen molar-refractivity contribution in [2.45, 2.75) is 116 Å². The summed E-state index contributed by atoms with van der Waals surface area (Å²) in [5.41, 5.74) is 8.64. The summed E-state index contributed by atoms with van der Waals surface area (Å²) in [6, 6.07) is 14.3. The molecule has 2 aromatic carbocycles. The fraction of sp³-hybridized carbons (Fsp3) is 0.559. The van der Waals surface area contributed by atoms with Gasteiger partial charge in [0.25, 0.3) is 0 Å². The predicted molar refractivity (Wildman–Crippen MR) is 150 cm³/mol. The Morgan fingerprint density at radius 2 is 1.51 bits per heavy atom. The van der Waals surface area contributed by atoms with Crippen LogP contribution in [0.5, 0.6) is 0 Å². The molecule has 35 heavy (non-hydrogen) atoms. The molecule has 1 nitrogen and oxygen atoms in total. The van der Waals surface area contributed by atoms with E-state index in [1.165, 1.54) is 97.4 Å². The fourth-order valence-corrected chi connectivity index (χ4v) is 7.18. The Morgan fingerprint density at radius 1 is 0.857 bits per heavy atom. The third-order valence-corrected chi connectivity index (χ3v) is 9.38. The molecule has 0 atom stereocenters. The quantitative estimate of drug-likeness (QED) is 0.316. The summed E-state index contributed by atoms with van der Waals surface area (Å²) in [4.78, 5) is 0. The van der Waals surface area contributed by atoms with Crippen LogP contribution in [0.4, 0.5) is 0 Å². The molecule has 1 heteroatoms. The van der Waals surface area contributed by atoms with Crippen molar-refractivity contribution in [3.63, 3.8) is 0 Å². The van der Waals surface area contributed by atoms with Crippen LogP contribution in [-0.4, -0.2) is 0 Å². The molecule has 186 valence electrons. The number of nitrogens with zero attached hydrogens (tertiary/aromatic N) is 1. The molecule has 5 rings (SSSR count). The largest absolute Gasteiger partial charge is 0.220 e. The van der Waals surface area contributed by atoms with E-state index in [1.54, 1.807) is 11.1 Å². The van der Waals surface area contributed by atoms with Crippen molar-refractivity contribution in [2.24, 2.45) is 7.05 Å². The van der Waals surface area contributed by atoms with Crippen molar-refractivity contribution in [3.8, 4) is 11.3 Å². The highest BCUT2D eigenvalue weighted by Gasteiger charge is 2.26. The molecule has 0 spiro atoms. The molecule has 0 aliphatic heterocycles. The summed E-state index contributed by atoms with van der Waals surface area (Å²) in [5.74, 6) is 1.98. The molecule has 2 saturated carbocycles. The van der Waals surface area contributed by atoms with E-state index >= 15 is 0 Å². The number of hydrogen-bond acceptors (Lipinski definition) is 0. The Morgan fingerprint density at radius 3 is 2.17 bits per heavy atom. The minimum absolute atomic E-state index is 0.593. The smallest absolute Gasteiger partial charge is 0.200 e. The third kappa shape index (κ3) is 4.93. The maximum atomic E-state index is 8.89. The van der Waals surface area contributed by atoms with Gasteiger partial charge in [-0.05, 0) is 103 Å². The Balaban J connectivity index is 1.72. The number of benzene rings is 2. The van der Waals surface area contributed by atoms with E-state index in [1.807, 2.05) is 0 Å². The van der Waals surface area contributed by atoms with Gasteiger partial charge in [-0.15, -0.1) is 0 Å². The Hall–Kier alpha value is -2.15. The van der Waals surface area contributed by atoms with E-state index in [4.69, 9.17) is 1.37 Å². The lowest BCUT2D eigenvalue weighted by Gasteiger charge is -2.28. The van der Waals surface area contributed by atoms with Gasteiger partial charge < -0.3 is 0 Å². The first-order valence-electron chi connectivity index (χ1n) is 15.1. The summed E-state index contributed by atoms with van der Waals surface area (Å²) in [6.45, 7) is 6.94. The van der Waals surface area contributed by atoms with Gasteiger partial charge in [-0.25, -0.2) is 4.57 Å². The average Bonchev–Trinajstić information content (AvgIpc) is 2.92. The molecule has 0 N–H and O–H groups in total. The second-order valence-electron chi connectivity index (χ2n) is 11.5. The number of pyridine rings is 1. The molecule has 0 radical (unpaired) electrons. The Bertz CT molecular complexity index is 1210. The van der Waals surface area contributed by atoms with Gasteiger partial charge in [-0.3, -0.25) is 0 Å². The third-order valence-electron chi connectivity index (χ3n) is 9.38. The van der Waals surface area contributed by atoms with E-state index < -0.39 is 0 Å². The van der Waals surface area contributed by atoms with Crippen molar-refractivity contribution in [2.75, 3.05) is 0 Å². The van der Waals surface area contributed by atoms with Gasteiger partial charge in [0.15, 0.2) is 6.17 Å². The first kappa shape index (κ1) is 23.3. The van der Waals surface area contributed by atoms with Crippen molar-refractivity contribution in [1.29, 1.82) is 0 Å². The molecule has 1 heterocycles. The first-order valence-corrected chi connectivity index (χ1v) is 14.6. The van der Waals surface area contributed by atoms with Crippen LogP contribution in [0.1, 0.15) is 132 Å². The van der Waals surface area contributed by atoms with Gasteiger partial charge in [0, 0.05) is 6.07 Å². The topological polar surface area (TPSA) is 3.88 Å². The maximum Gasteiger partial charge on any atom is 0.220 e. The zero-order chi connectivity index (χ0) is 25.2. The van der Waals surface area contributed by atoms with Crippen molar-refractivity contribution >= 4 is 10.8 Å². The molecule has 2 aliphatic carbocycles. The molecule has 2 fully saturated rings. The number of fused-ring (bicyclic) bond motifs is 1. The Labute approximate surface area is 215 Å². The summed E-state index contributed by atoms with van der Waals surface area (Å²) in [7, 11) is 2.10. The van der Waals surface area contributed by atoms with Crippen LogP contribution in [0.2, 0.25) is 0 Å². The van der Waals surface area contributed by atoms with Crippen LogP contribution in [-0.2, 0) is 7.05 Å². The van der Waals surface area contributed by atoms with Crippen LogP contribution >= 0.6 is 0 Å². The fourth-order valence-electron chi connectivity index (χ4n) is 7.18.